The Morgan fingerprint density at radius 1 is 1.23 bits per heavy atom. The van der Waals surface area contributed by atoms with Gasteiger partial charge in [-0.1, -0.05) is 29.8 Å². The van der Waals surface area contributed by atoms with E-state index in [1.54, 1.807) is 24.4 Å². The molecule has 1 aliphatic heterocycles. The Labute approximate surface area is 183 Å². The number of esters is 2. The molecule has 0 aliphatic carbocycles. The van der Waals surface area contributed by atoms with Gasteiger partial charge < -0.3 is 9.47 Å². The van der Waals surface area contributed by atoms with E-state index in [9.17, 15) is 9.59 Å². The molecule has 0 amide bonds. The summed E-state index contributed by atoms with van der Waals surface area (Å²) in [7, 11) is 1.38. The van der Waals surface area contributed by atoms with E-state index in [0.717, 1.165) is 16.9 Å². The summed E-state index contributed by atoms with van der Waals surface area (Å²) < 4.78 is 10.6. The van der Waals surface area contributed by atoms with Gasteiger partial charge in [-0.25, -0.2) is 9.59 Å². The largest absolute Gasteiger partial charge is 0.468 e. The van der Waals surface area contributed by atoms with Gasteiger partial charge in [-0.05, 0) is 41.8 Å². The molecule has 1 atom stereocenters. The normalized spacial score (nSPS) is 14.6. The Bertz CT molecular complexity index is 1070. The van der Waals surface area contributed by atoms with Crippen molar-refractivity contribution < 1.29 is 19.1 Å². The first-order chi connectivity index (χ1) is 14.6. The molecule has 30 heavy (non-hydrogen) atoms. The second-order valence-corrected chi connectivity index (χ2v) is 8.32. The van der Waals surface area contributed by atoms with Crippen LogP contribution in [-0.2, 0) is 22.5 Å². The summed E-state index contributed by atoms with van der Waals surface area (Å²) in [6, 6.07) is 11.9. The fourth-order valence-corrected chi connectivity index (χ4v) is 4.76. The van der Waals surface area contributed by atoms with Crippen LogP contribution in [0.3, 0.4) is 0 Å². The third kappa shape index (κ3) is 4.23. The number of aromatic nitrogens is 1. The second-order valence-electron chi connectivity index (χ2n) is 6.81. The number of carbonyl (C=O) groups excluding carboxylic acids is 2. The number of carbonyl (C=O) groups is 2. The van der Waals surface area contributed by atoms with Crippen molar-refractivity contribution in [1.29, 1.82) is 0 Å². The predicted octanol–water partition coefficient (Wildman–Crippen LogP) is 4.29. The first-order valence-electron chi connectivity index (χ1n) is 9.37. The number of hydrogen-bond acceptors (Lipinski definition) is 7. The highest BCUT2D eigenvalue weighted by molar-refractivity contribution is 7.14. The summed E-state index contributed by atoms with van der Waals surface area (Å²) in [5.41, 5.74) is 2.14. The van der Waals surface area contributed by atoms with E-state index in [-0.39, 0.29) is 5.97 Å². The Hall–Kier alpha value is -2.74. The lowest BCUT2D eigenvalue weighted by Crippen LogP contribution is -2.38. The lowest BCUT2D eigenvalue weighted by atomic mass is 10.0. The van der Waals surface area contributed by atoms with E-state index >= 15 is 0 Å². The van der Waals surface area contributed by atoms with Crippen LogP contribution in [0.15, 0.2) is 54.9 Å². The lowest BCUT2D eigenvalue weighted by Gasteiger charge is -2.33. The first kappa shape index (κ1) is 20.5. The number of methoxy groups -OCH3 is 1. The zero-order chi connectivity index (χ0) is 21.1. The van der Waals surface area contributed by atoms with Gasteiger partial charge in [-0.15, -0.1) is 11.3 Å². The molecule has 0 unspecified atom stereocenters. The number of pyridine rings is 1. The molecule has 6 nitrogen and oxygen atoms in total. The number of nitrogens with zero attached hydrogens (tertiary/aromatic N) is 2. The minimum Gasteiger partial charge on any atom is -0.468 e. The average Bonchev–Trinajstić information content (AvgIpc) is 3.17. The zero-order valence-corrected chi connectivity index (χ0v) is 17.8. The average molecular weight is 443 g/mol. The Morgan fingerprint density at radius 3 is 2.80 bits per heavy atom. The highest BCUT2D eigenvalue weighted by atomic mass is 35.5. The fraction of sp³-hybridized carbons (Fsp3) is 0.227. The van der Waals surface area contributed by atoms with E-state index in [4.69, 9.17) is 21.1 Å². The van der Waals surface area contributed by atoms with Crippen molar-refractivity contribution in [3.8, 4) is 5.06 Å². The molecule has 2 aromatic heterocycles. The highest BCUT2D eigenvalue weighted by Crippen LogP contribution is 2.38. The third-order valence-electron chi connectivity index (χ3n) is 4.95. The van der Waals surface area contributed by atoms with E-state index in [0.29, 0.717) is 34.3 Å². The van der Waals surface area contributed by atoms with Crippen LogP contribution in [0.5, 0.6) is 5.06 Å². The number of thiophene rings is 1. The highest BCUT2D eigenvalue weighted by Gasteiger charge is 2.33. The lowest BCUT2D eigenvalue weighted by molar-refractivity contribution is -0.147. The minimum atomic E-state index is -0.599. The number of ether oxygens (including phenoxy) is 2. The summed E-state index contributed by atoms with van der Waals surface area (Å²) in [6.07, 6.45) is 3.82. The minimum absolute atomic E-state index is 0.356. The Morgan fingerprint density at radius 2 is 2.07 bits per heavy atom. The monoisotopic (exact) mass is 442 g/mol. The SMILES string of the molecule is COC(=O)[C@@H](c1ccccc1Cl)N1CCc2sc(OC(=O)c3cccnc3)cc2C1. The number of benzene rings is 1. The van der Waals surface area contributed by atoms with Crippen LogP contribution in [-0.4, -0.2) is 35.5 Å². The molecule has 3 aromatic rings. The van der Waals surface area contributed by atoms with Crippen LogP contribution in [0.4, 0.5) is 0 Å². The van der Waals surface area contributed by atoms with Crippen molar-refractivity contribution in [1.82, 2.24) is 9.88 Å². The first-order valence-corrected chi connectivity index (χ1v) is 10.6. The maximum atomic E-state index is 12.6. The maximum absolute atomic E-state index is 12.6. The quantitative estimate of drug-likeness (QED) is 0.549. The van der Waals surface area contributed by atoms with Gasteiger partial charge in [-0.3, -0.25) is 9.88 Å². The van der Waals surface area contributed by atoms with Crippen LogP contribution in [0.25, 0.3) is 0 Å². The van der Waals surface area contributed by atoms with Crippen molar-refractivity contribution in [2.24, 2.45) is 0 Å². The summed E-state index contributed by atoms with van der Waals surface area (Å²) in [5.74, 6) is -0.799. The molecule has 0 bridgehead atoms. The molecule has 0 saturated heterocycles. The van der Waals surface area contributed by atoms with Gasteiger partial charge in [0.2, 0.25) is 0 Å². The number of fused-ring (bicyclic) bond motifs is 1. The van der Waals surface area contributed by atoms with Crippen LogP contribution in [0, 0.1) is 0 Å². The molecule has 0 N–H and O–H groups in total. The molecule has 0 spiro atoms. The van der Waals surface area contributed by atoms with Crippen LogP contribution in [0.2, 0.25) is 5.02 Å². The number of hydrogen-bond donors (Lipinski definition) is 0. The second kappa shape index (κ2) is 8.95. The molecule has 0 radical (unpaired) electrons. The van der Waals surface area contributed by atoms with E-state index in [2.05, 4.69) is 4.98 Å². The van der Waals surface area contributed by atoms with E-state index in [1.165, 1.54) is 24.6 Å². The molecular formula is C22H19ClN2O4S. The summed E-state index contributed by atoms with van der Waals surface area (Å²) in [4.78, 5) is 32.0. The van der Waals surface area contributed by atoms with Gasteiger partial charge in [0.1, 0.15) is 6.04 Å². The third-order valence-corrected chi connectivity index (χ3v) is 6.41. The van der Waals surface area contributed by atoms with Gasteiger partial charge >= 0.3 is 11.9 Å². The van der Waals surface area contributed by atoms with Crippen molar-refractivity contribution in [2.45, 2.75) is 19.0 Å². The standard InChI is InChI=1S/C22H19ClN2O4S/c1-28-22(27)20(16-6-2-3-7-17(16)23)25-10-8-18-15(13-25)11-19(30-18)29-21(26)14-5-4-9-24-12-14/h2-7,9,11-12,20H,8,10,13H2,1H3/t20-/m1/s1. The molecule has 1 aliphatic rings. The Kier molecular flexibility index (Phi) is 6.13. The van der Waals surface area contributed by atoms with Gasteiger partial charge in [0, 0.05) is 35.4 Å². The van der Waals surface area contributed by atoms with Crippen LogP contribution < -0.4 is 4.74 Å². The van der Waals surface area contributed by atoms with Crippen molar-refractivity contribution in [3.05, 3.63) is 81.4 Å². The molecule has 3 heterocycles. The van der Waals surface area contributed by atoms with Crippen molar-refractivity contribution in [2.75, 3.05) is 13.7 Å². The van der Waals surface area contributed by atoms with Crippen LogP contribution in [0.1, 0.15) is 32.4 Å². The molecule has 4 rings (SSSR count). The number of halogens is 1. The fourth-order valence-electron chi connectivity index (χ4n) is 3.51. The van der Waals surface area contributed by atoms with Gasteiger partial charge in [0.05, 0.1) is 12.7 Å². The molecular weight excluding hydrogens is 424 g/mol. The van der Waals surface area contributed by atoms with Crippen molar-refractivity contribution in [3.63, 3.8) is 0 Å². The van der Waals surface area contributed by atoms with Gasteiger partial charge in [-0.2, -0.15) is 0 Å². The topological polar surface area (TPSA) is 68.7 Å². The van der Waals surface area contributed by atoms with E-state index < -0.39 is 12.0 Å². The van der Waals surface area contributed by atoms with Gasteiger partial charge in [0.15, 0.2) is 5.06 Å². The molecule has 0 fully saturated rings. The van der Waals surface area contributed by atoms with Crippen LogP contribution >= 0.6 is 22.9 Å². The zero-order valence-electron chi connectivity index (χ0n) is 16.2. The van der Waals surface area contributed by atoms with Gasteiger partial charge in [0.25, 0.3) is 0 Å². The Balaban J connectivity index is 1.55. The molecule has 154 valence electrons. The van der Waals surface area contributed by atoms with Crippen molar-refractivity contribution >= 4 is 34.9 Å². The predicted molar refractivity (Wildman–Crippen MR) is 114 cm³/mol. The summed E-state index contributed by atoms with van der Waals surface area (Å²) in [6.45, 7) is 1.19. The maximum Gasteiger partial charge on any atom is 0.345 e. The van der Waals surface area contributed by atoms with E-state index in [1.807, 2.05) is 29.2 Å². The summed E-state index contributed by atoms with van der Waals surface area (Å²) in [5, 5.41) is 1.05. The summed E-state index contributed by atoms with van der Waals surface area (Å²) >= 11 is 7.82. The number of rotatable bonds is 5. The molecule has 8 heteroatoms. The molecule has 1 aromatic carbocycles. The molecule has 0 saturated carbocycles. The smallest absolute Gasteiger partial charge is 0.345 e.